The van der Waals surface area contributed by atoms with Crippen LogP contribution in [0.2, 0.25) is 10.0 Å². The number of anilines is 1. The number of aryl methyl sites for hydroxylation is 1. The Labute approximate surface area is 188 Å². The predicted octanol–water partition coefficient (Wildman–Crippen LogP) is 2.69. The Bertz CT molecular complexity index is 1080. The largest absolute Gasteiger partial charge is 0.422 e. The van der Waals surface area contributed by atoms with Crippen LogP contribution < -0.4 is 26.3 Å². The molecule has 0 unspecified atom stereocenters. The van der Waals surface area contributed by atoms with E-state index in [9.17, 15) is 14.4 Å². The number of fused-ring (bicyclic) bond motifs is 1. The summed E-state index contributed by atoms with van der Waals surface area (Å²) in [4.78, 5) is 36.0. The molecule has 0 radical (unpaired) electrons. The number of nitrogens with two attached hydrogens (primary N) is 2. The van der Waals surface area contributed by atoms with Gasteiger partial charge in [-0.1, -0.05) is 23.2 Å². The smallest absolute Gasteiger partial charge is 0.325 e. The Kier molecular flexibility index (Phi) is 7.29. The SMILES string of the molecule is NCC(=O)Oc1cc2c(cc1OC(=O)CN)CCC(C(=O)Nc1ccc(Cl)cc1Cl)=C2. The summed E-state index contributed by atoms with van der Waals surface area (Å²) in [5, 5.41) is 3.53. The number of amides is 1. The molecule has 2 aromatic rings. The van der Waals surface area contributed by atoms with Gasteiger partial charge in [-0.25, -0.2) is 0 Å². The number of carbonyl (C=O) groups excluding carboxylic acids is 3. The molecule has 1 amide bonds. The average molecular weight is 464 g/mol. The number of esters is 2. The van der Waals surface area contributed by atoms with Crippen molar-refractivity contribution in [2.45, 2.75) is 12.8 Å². The highest BCUT2D eigenvalue weighted by Gasteiger charge is 2.22. The molecule has 3 rings (SSSR count). The number of hydrogen-bond donors (Lipinski definition) is 3. The molecule has 10 heteroatoms. The van der Waals surface area contributed by atoms with Gasteiger partial charge in [0.05, 0.1) is 23.8 Å². The highest BCUT2D eigenvalue weighted by atomic mass is 35.5. The minimum absolute atomic E-state index is 0.00894. The molecule has 0 aromatic heterocycles. The van der Waals surface area contributed by atoms with Crippen LogP contribution in [0.25, 0.3) is 6.08 Å². The van der Waals surface area contributed by atoms with Crippen LogP contribution in [-0.4, -0.2) is 30.9 Å². The third kappa shape index (κ3) is 5.62. The van der Waals surface area contributed by atoms with Gasteiger partial charge in [0.15, 0.2) is 11.5 Å². The fourth-order valence-corrected chi connectivity index (χ4v) is 3.41. The first-order chi connectivity index (χ1) is 14.8. The molecule has 1 aliphatic carbocycles. The molecule has 1 aliphatic rings. The van der Waals surface area contributed by atoms with Crippen LogP contribution in [0.1, 0.15) is 17.5 Å². The first-order valence-corrected chi connectivity index (χ1v) is 10.0. The Morgan fingerprint density at radius 3 is 2.19 bits per heavy atom. The van der Waals surface area contributed by atoms with E-state index >= 15 is 0 Å². The third-order valence-corrected chi connectivity index (χ3v) is 5.00. The average Bonchev–Trinajstić information content (AvgIpc) is 2.75. The van der Waals surface area contributed by atoms with E-state index in [0.29, 0.717) is 39.7 Å². The lowest BCUT2D eigenvalue weighted by Crippen LogP contribution is -2.23. The summed E-state index contributed by atoms with van der Waals surface area (Å²) in [7, 11) is 0. The number of rotatable bonds is 6. The van der Waals surface area contributed by atoms with Crippen molar-refractivity contribution in [2.24, 2.45) is 11.5 Å². The summed E-state index contributed by atoms with van der Waals surface area (Å²) in [5.41, 5.74) is 13.0. The van der Waals surface area contributed by atoms with E-state index in [1.54, 1.807) is 24.3 Å². The zero-order chi connectivity index (χ0) is 22.5. The molecule has 0 aliphatic heterocycles. The molecule has 0 fully saturated rings. The van der Waals surface area contributed by atoms with Gasteiger partial charge in [0.2, 0.25) is 0 Å². The van der Waals surface area contributed by atoms with Gasteiger partial charge >= 0.3 is 11.9 Å². The molecule has 162 valence electrons. The van der Waals surface area contributed by atoms with Gasteiger partial charge in [-0.2, -0.15) is 0 Å². The second kappa shape index (κ2) is 9.93. The first-order valence-electron chi connectivity index (χ1n) is 9.26. The van der Waals surface area contributed by atoms with E-state index in [4.69, 9.17) is 44.1 Å². The number of halogens is 2. The van der Waals surface area contributed by atoms with E-state index in [0.717, 1.165) is 5.56 Å². The van der Waals surface area contributed by atoms with Crippen LogP contribution in [0.5, 0.6) is 11.5 Å². The van der Waals surface area contributed by atoms with Crippen molar-refractivity contribution in [3.63, 3.8) is 0 Å². The van der Waals surface area contributed by atoms with Crippen LogP contribution in [0.15, 0.2) is 35.9 Å². The van der Waals surface area contributed by atoms with Crippen molar-refractivity contribution >= 4 is 52.8 Å². The number of benzene rings is 2. The quantitative estimate of drug-likeness (QED) is 0.442. The molecule has 0 bridgehead atoms. The lowest BCUT2D eigenvalue weighted by atomic mass is 9.91. The minimum Gasteiger partial charge on any atom is -0.422 e. The summed E-state index contributed by atoms with van der Waals surface area (Å²) in [6, 6.07) is 7.87. The fraction of sp³-hybridized carbons (Fsp3) is 0.190. The molecule has 2 aromatic carbocycles. The van der Waals surface area contributed by atoms with Crippen LogP contribution in [0, 0.1) is 0 Å². The van der Waals surface area contributed by atoms with Crippen LogP contribution in [0.3, 0.4) is 0 Å². The van der Waals surface area contributed by atoms with Crippen molar-refractivity contribution in [1.29, 1.82) is 0 Å². The van der Waals surface area contributed by atoms with E-state index < -0.39 is 11.9 Å². The maximum atomic E-state index is 12.7. The van der Waals surface area contributed by atoms with Gasteiger partial charge < -0.3 is 26.3 Å². The van der Waals surface area contributed by atoms with Gasteiger partial charge in [0, 0.05) is 10.6 Å². The molecule has 0 atom stereocenters. The highest BCUT2D eigenvalue weighted by Crippen LogP contribution is 2.36. The standard InChI is InChI=1S/C21H19Cl2N3O5/c22-14-3-4-16(15(23)8-14)26-21(29)12-2-1-11-6-17(30-19(27)9-24)18(7-13(11)5-12)31-20(28)10-25/h3-8H,1-2,9-10,24-25H2,(H,26,29). The summed E-state index contributed by atoms with van der Waals surface area (Å²) in [5.74, 6) is -1.65. The molecular formula is C21H19Cl2N3O5. The lowest BCUT2D eigenvalue weighted by molar-refractivity contribution is -0.135. The first kappa shape index (κ1) is 22.8. The van der Waals surface area contributed by atoms with Gasteiger partial charge in [-0.05, 0) is 60.4 Å². The second-order valence-electron chi connectivity index (χ2n) is 6.60. The summed E-state index contributed by atoms with van der Waals surface area (Å²) >= 11 is 12.0. The molecule has 0 spiro atoms. The normalized spacial score (nSPS) is 12.5. The fourth-order valence-electron chi connectivity index (χ4n) is 2.96. The number of nitrogens with one attached hydrogen (secondary N) is 1. The van der Waals surface area contributed by atoms with Gasteiger partial charge in [0.25, 0.3) is 5.91 Å². The Hall–Kier alpha value is -2.91. The van der Waals surface area contributed by atoms with Crippen molar-refractivity contribution < 1.29 is 23.9 Å². The Morgan fingerprint density at radius 1 is 0.935 bits per heavy atom. The number of carbonyl (C=O) groups is 3. The molecule has 0 saturated carbocycles. The molecule has 0 heterocycles. The molecule has 31 heavy (non-hydrogen) atoms. The van der Waals surface area contributed by atoms with Gasteiger partial charge in [-0.15, -0.1) is 0 Å². The Balaban J connectivity index is 1.90. The molecule has 0 saturated heterocycles. The van der Waals surface area contributed by atoms with Crippen molar-refractivity contribution in [1.82, 2.24) is 0 Å². The zero-order valence-electron chi connectivity index (χ0n) is 16.2. The third-order valence-electron chi connectivity index (χ3n) is 4.45. The topological polar surface area (TPSA) is 134 Å². The molecule has 8 nitrogen and oxygen atoms in total. The van der Waals surface area contributed by atoms with Crippen molar-refractivity contribution in [3.8, 4) is 11.5 Å². The molecular weight excluding hydrogens is 445 g/mol. The van der Waals surface area contributed by atoms with Gasteiger partial charge in [-0.3, -0.25) is 14.4 Å². The number of ether oxygens (including phenoxy) is 2. The summed E-state index contributed by atoms with van der Waals surface area (Å²) in [6.45, 7) is -0.689. The van der Waals surface area contributed by atoms with E-state index in [2.05, 4.69) is 5.32 Å². The highest BCUT2D eigenvalue weighted by molar-refractivity contribution is 6.36. The summed E-state index contributed by atoms with van der Waals surface area (Å²) < 4.78 is 10.4. The zero-order valence-corrected chi connectivity index (χ0v) is 17.8. The predicted molar refractivity (Wildman–Crippen MR) is 117 cm³/mol. The minimum atomic E-state index is -0.708. The van der Waals surface area contributed by atoms with Crippen molar-refractivity contribution in [2.75, 3.05) is 18.4 Å². The monoisotopic (exact) mass is 463 g/mol. The van der Waals surface area contributed by atoms with Crippen LogP contribution in [0.4, 0.5) is 5.69 Å². The maximum absolute atomic E-state index is 12.7. The van der Waals surface area contributed by atoms with Crippen LogP contribution in [-0.2, 0) is 20.8 Å². The second-order valence-corrected chi connectivity index (χ2v) is 7.45. The van der Waals surface area contributed by atoms with E-state index in [-0.39, 0.29) is 30.5 Å². The van der Waals surface area contributed by atoms with Crippen LogP contribution >= 0.6 is 23.2 Å². The van der Waals surface area contributed by atoms with Gasteiger partial charge in [0.1, 0.15) is 0 Å². The lowest BCUT2D eigenvalue weighted by Gasteiger charge is -2.19. The molecule has 5 N–H and O–H groups in total. The maximum Gasteiger partial charge on any atom is 0.325 e. The number of hydrogen-bond acceptors (Lipinski definition) is 7. The van der Waals surface area contributed by atoms with Crippen molar-refractivity contribution in [3.05, 3.63) is 57.1 Å². The van der Waals surface area contributed by atoms with E-state index in [1.807, 2.05) is 0 Å². The Morgan fingerprint density at radius 2 is 1.58 bits per heavy atom. The van der Waals surface area contributed by atoms with E-state index in [1.165, 1.54) is 12.1 Å². The summed E-state index contributed by atoms with van der Waals surface area (Å²) in [6.07, 6.45) is 2.61.